The van der Waals surface area contributed by atoms with Gasteiger partial charge in [0.15, 0.2) is 6.10 Å². The molecule has 1 aliphatic heterocycles. The van der Waals surface area contributed by atoms with Gasteiger partial charge in [0.05, 0.1) is 40.0 Å². The van der Waals surface area contributed by atoms with E-state index in [1.165, 1.54) is 89.9 Å². The summed E-state index contributed by atoms with van der Waals surface area (Å²) in [6, 6.07) is 0. The van der Waals surface area contributed by atoms with Crippen LogP contribution in [0.4, 0.5) is 0 Å². The lowest BCUT2D eigenvalue weighted by Crippen LogP contribution is -2.37. The third-order valence-corrected chi connectivity index (χ3v) is 11.2. The third-order valence-electron chi connectivity index (χ3n) is 10.2. The van der Waals surface area contributed by atoms with Crippen LogP contribution in [0.5, 0.6) is 0 Å². The Balaban J connectivity index is 2.29. The Morgan fingerprint density at radius 2 is 1.15 bits per heavy atom. The van der Waals surface area contributed by atoms with Crippen LogP contribution in [0.3, 0.4) is 0 Å². The molecule has 59 heavy (non-hydrogen) atoms. The SMILES string of the molecule is CCCCCCCC/C=C\CCCCCCCCCC(=O)OC[C@H](COP(=O)([O-])OCC[N+](C)(C)C)OC(=O)CCC/C=C\C/C=C\C/C=C\CC1OC1CCCCC. The molecule has 0 aromatic heterocycles. The highest BCUT2D eigenvalue weighted by Gasteiger charge is 2.36. The van der Waals surface area contributed by atoms with E-state index in [1.54, 1.807) is 0 Å². The zero-order valence-electron chi connectivity index (χ0n) is 38.1. The number of phosphoric ester groups is 1. The molecule has 0 saturated carbocycles. The number of phosphoric acid groups is 1. The van der Waals surface area contributed by atoms with Crippen molar-refractivity contribution in [3.63, 3.8) is 0 Å². The van der Waals surface area contributed by atoms with Crippen LogP contribution in [0.1, 0.15) is 181 Å². The molecular formula is C48H86NO9P. The number of esters is 2. The number of epoxide rings is 1. The Morgan fingerprint density at radius 1 is 0.627 bits per heavy atom. The summed E-state index contributed by atoms with van der Waals surface area (Å²) in [5, 5.41) is 0. The molecule has 1 rings (SSSR count). The molecule has 4 atom stereocenters. The number of quaternary nitrogens is 1. The quantitative estimate of drug-likeness (QED) is 0.0148. The molecule has 0 aromatic carbocycles. The van der Waals surface area contributed by atoms with Crippen LogP contribution in [-0.4, -0.2) is 82.2 Å². The zero-order chi connectivity index (χ0) is 43.3. The number of hydrogen-bond donors (Lipinski definition) is 0. The van der Waals surface area contributed by atoms with Gasteiger partial charge in [0, 0.05) is 12.8 Å². The van der Waals surface area contributed by atoms with E-state index in [1.807, 2.05) is 27.2 Å². The van der Waals surface area contributed by atoms with E-state index in [-0.39, 0.29) is 26.1 Å². The van der Waals surface area contributed by atoms with Crippen molar-refractivity contribution in [2.24, 2.45) is 0 Å². The zero-order valence-corrected chi connectivity index (χ0v) is 39.0. The molecule has 0 aliphatic carbocycles. The fourth-order valence-corrected chi connectivity index (χ4v) is 7.17. The van der Waals surface area contributed by atoms with Crippen LogP contribution in [0.25, 0.3) is 0 Å². The van der Waals surface area contributed by atoms with E-state index in [4.69, 9.17) is 23.3 Å². The highest BCUT2D eigenvalue weighted by molar-refractivity contribution is 7.45. The van der Waals surface area contributed by atoms with Crippen molar-refractivity contribution >= 4 is 19.8 Å². The fraction of sp³-hybridized carbons (Fsp3) is 0.792. The molecule has 0 spiro atoms. The normalized spacial score (nSPS) is 17.4. The van der Waals surface area contributed by atoms with Crippen molar-refractivity contribution in [2.45, 2.75) is 199 Å². The van der Waals surface area contributed by atoms with Crippen LogP contribution in [0.2, 0.25) is 0 Å². The molecule has 1 fully saturated rings. The van der Waals surface area contributed by atoms with Crippen molar-refractivity contribution < 1.29 is 46.8 Å². The first kappa shape index (κ1) is 54.9. The molecule has 3 unspecified atom stereocenters. The van der Waals surface area contributed by atoms with Crippen LogP contribution in [-0.2, 0) is 37.4 Å². The summed E-state index contributed by atoms with van der Waals surface area (Å²) >= 11 is 0. The van der Waals surface area contributed by atoms with Crippen molar-refractivity contribution in [1.29, 1.82) is 0 Å². The summed E-state index contributed by atoms with van der Waals surface area (Å²) in [6.45, 7) is 4.12. The van der Waals surface area contributed by atoms with Crippen LogP contribution in [0.15, 0.2) is 48.6 Å². The average molecular weight is 852 g/mol. The fourth-order valence-electron chi connectivity index (χ4n) is 6.44. The summed E-state index contributed by atoms with van der Waals surface area (Å²) in [5.74, 6) is -0.910. The van der Waals surface area contributed by atoms with Crippen molar-refractivity contribution in [2.75, 3.05) is 47.5 Å². The Morgan fingerprint density at radius 3 is 1.80 bits per heavy atom. The van der Waals surface area contributed by atoms with E-state index in [0.717, 1.165) is 44.9 Å². The van der Waals surface area contributed by atoms with Gasteiger partial charge >= 0.3 is 11.9 Å². The van der Waals surface area contributed by atoms with E-state index in [9.17, 15) is 19.0 Å². The third kappa shape index (κ3) is 37.4. The summed E-state index contributed by atoms with van der Waals surface area (Å²) in [6.07, 6.45) is 44.6. The molecule has 0 bridgehead atoms. The molecule has 10 nitrogen and oxygen atoms in total. The lowest BCUT2D eigenvalue weighted by Gasteiger charge is -2.28. The first-order chi connectivity index (χ1) is 28.5. The number of allylic oxidation sites excluding steroid dienone is 7. The molecule has 0 N–H and O–H groups in total. The van der Waals surface area contributed by atoms with E-state index in [2.05, 4.69) is 56.4 Å². The number of nitrogens with zero attached hydrogens (tertiary/aromatic N) is 1. The van der Waals surface area contributed by atoms with Crippen LogP contribution >= 0.6 is 7.82 Å². The van der Waals surface area contributed by atoms with Gasteiger partial charge in [0.25, 0.3) is 7.82 Å². The number of rotatable bonds is 41. The maximum atomic E-state index is 12.7. The topological polar surface area (TPSA) is 124 Å². The number of unbranched alkanes of at least 4 members (excludes halogenated alkanes) is 16. The maximum absolute atomic E-state index is 12.7. The number of carbonyl (C=O) groups excluding carboxylic acids is 2. The molecular weight excluding hydrogens is 765 g/mol. The van der Waals surface area contributed by atoms with Gasteiger partial charge in [-0.05, 0) is 70.6 Å². The molecule has 11 heteroatoms. The van der Waals surface area contributed by atoms with Gasteiger partial charge in [-0.3, -0.25) is 14.2 Å². The maximum Gasteiger partial charge on any atom is 0.306 e. The van der Waals surface area contributed by atoms with Crippen molar-refractivity contribution in [3.05, 3.63) is 48.6 Å². The number of carbonyl (C=O) groups is 2. The molecule has 0 amide bonds. The molecule has 0 radical (unpaired) electrons. The summed E-state index contributed by atoms with van der Waals surface area (Å²) in [5.41, 5.74) is 0. The molecule has 1 saturated heterocycles. The predicted molar refractivity (Wildman–Crippen MR) is 240 cm³/mol. The number of likely N-dealkylation sites (N-methyl/N-ethyl adjacent to an activating group) is 1. The van der Waals surface area contributed by atoms with Gasteiger partial charge in [-0.1, -0.05) is 146 Å². The van der Waals surface area contributed by atoms with Gasteiger partial charge in [0.2, 0.25) is 0 Å². The average Bonchev–Trinajstić information content (AvgIpc) is 3.94. The molecule has 1 aliphatic rings. The Hall–Kier alpha value is -2.07. The van der Waals surface area contributed by atoms with Gasteiger partial charge in [-0.15, -0.1) is 0 Å². The van der Waals surface area contributed by atoms with Crippen LogP contribution in [0, 0.1) is 0 Å². The number of ether oxygens (including phenoxy) is 3. The lowest BCUT2D eigenvalue weighted by molar-refractivity contribution is -0.870. The lowest BCUT2D eigenvalue weighted by atomic mass is 10.1. The van der Waals surface area contributed by atoms with Gasteiger partial charge < -0.3 is 32.6 Å². The Kier molecular flexibility index (Phi) is 34.1. The molecule has 342 valence electrons. The summed E-state index contributed by atoms with van der Waals surface area (Å²) < 4.78 is 39.6. The van der Waals surface area contributed by atoms with Gasteiger partial charge in [-0.25, -0.2) is 0 Å². The van der Waals surface area contributed by atoms with E-state index in [0.29, 0.717) is 42.5 Å². The molecule has 0 aromatic rings. The second-order valence-electron chi connectivity index (χ2n) is 17.1. The molecule has 1 heterocycles. The van der Waals surface area contributed by atoms with E-state index < -0.39 is 32.5 Å². The highest BCUT2D eigenvalue weighted by Crippen LogP contribution is 2.38. The highest BCUT2D eigenvalue weighted by atomic mass is 31.2. The largest absolute Gasteiger partial charge is 0.756 e. The predicted octanol–water partition coefficient (Wildman–Crippen LogP) is 11.8. The minimum absolute atomic E-state index is 0.0450. The van der Waals surface area contributed by atoms with E-state index >= 15 is 0 Å². The first-order valence-electron chi connectivity index (χ1n) is 23.5. The van der Waals surface area contributed by atoms with Crippen molar-refractivity contribution in [3.8, 4) is 0 Å². The number of hydrogen-bond acceptors (Lipinski definition) is 9. The second-order valence-corrected chi connectivity index (χ2v) is 18.6. The summed E-state index contributed by atoms with van der Waals surface area (Å²) in [4.78, 5) is 37.6. The van der Waals surface area contributed by atoms with Gasteiger partial charge in [0.1, 0.15) is 19.8 Å². The standard InChI is InChI=1S/C48H86NO9P/c1-6-8-10-11-12-13-14-15-16-17-18-19-20-24-27-30-34-38-47(50)54-42-44(43-56-59(52,53)55-41-40-49(3,4)5)57-48(51)39-35-31-28-25-22-21-23-26-29-33-37-46-45(58-46)36-32-9-7-2/h15-16,21,23,25,28-29,33,44-46H,6-14,17-20,22,24,26-27,30-32,34-43H2,1-5H3/b16-15-,23-21-,28-25-,33-29-/t44-,45?,46?/m1/s1. The van der Waals surface area contributed by atoms with Crippen molar-refractivity contribution in [1.82, 2.24) is 0 Å². The minimum atomic E-state index is -4.65. The summed E-state index contributed by atoms with van der Waals surface area (Å²) in [7, 11) is 1.12. The smallest absolute Gasteiger partial charge is 0.306 e. The monoisotopic (exact) mass is 852 g/mol. The Labute approximate surface area is 360 Å². The second kappa shape index (κ2) is 36.6. The minimum Gasteiger partial charge on any atom is -0.756 e. The van der Waals surface area contributed by atoms with Gasteiger partial charge in [-0.2, -0.15) is 0 Å². The first-order valence-corrected chi connectivity index (χ1v) is 24.9. The Bertz CT molecular complexity index is 1210. The van der Waals surface area contributed by atoms with Crippen LogP contribution < -0.4 is 4.89 Å².